The molecule has 148 valence electrons. The van der Waals surface area contributed by atoms with Crippen molar-refractivity contribution < 1.29 is 23.5 Å². The van der Waals surface area contributed by atoms with Gasteiger partial charge in [0.25, 0.3) is 5.91 Å². The number of nitrogens with one attached hydrogen (secondary N) is 1. The SMILES string of the molecule is Cc1ccc2c(C)c(CCC(=O)O[C@@H](C)C(=O)N3CCNC3=O)c(=O)oc2c1. The second kappa shape index (κ2) is 7.84. The molecule has 2 aromatic rings. The molecule has 8 nitrogen and oxygen atoms in total. The van der Waals surface area contributed by atoms with Gasteiger partial charge in [-0.25, -0.2) is 9.59 Å². The zero-order valence-electron chi connectivity index (χ0n) is 16.0. The van der Waals surface area contributed by atoms with E-state index in [1.54, 1.807) is 6.07 Å². The second-order valence-corrected chi connectivity index (χ2v) is 6.85. The average molecular weight is 386 g/mol. The number of nitrogens with zero attached hydrogens (tertiary/aromatic N) is 1. The predicted octanol–water partition coefficient (Wildman–Crippen LogP) is 1.83. The molecule has 1 fully saturated rings. The molecule has 3 amide bonds. The Labute approximate surface area is 161 Å². The molecular weight excluding hydrogens is 364 g/mol. The van der Waals surface area contributed by atoms with Gasteiger partial charge in [0.2, 0.25) is 0 Å². The molecule has 0 unspecified atom stereocenters. The number of rotatable bonds is 5. The Kier molecular flexibility index (Phi) is 5.48. The van der Waals surface area contributed by atoms with Gasteiger partial charge in [0.05, 0.1) is 0 Å². The van der Waals surface area contributed by atoms with Crippen molar-refractivity contribution in [1.29, 1.82) is 0 Å². The zero-order valence-corrected chi connectivity index (χ0v) is 16.0. The molecule has 1 aromatic carbocycles. The van der Waals surface area contributed by atoms with Crippen molar-refractivity contribution in [2.45, 2.75) is 39.7 Å². The second-order valence-electron chi connectivity index (χ2n) is 6.85. The van der Waals surface area contributed by atoms with Crippen LogP contribution in [0.15, 0.2) is 27.4 Å². The summed E-state index contributed by atoms with van der Waals surface area (Å²) in [5.74, 6) is -1.19. The number of carbonyl (C=O) groups excluding carboxylic acids is 3. The maximum atomic E-state index is 12.3. The van der Waals surface area contributed by atoms with Crippen molar-refractivity contribution in [1.82, 2.24) is 10.2 Å². The molecule has 28 heavy (non-hydrogen) atoms. The minimum Gasteiger partial charge on any atom is -0.453 e. The Hall–Kier alpha value is -3.16. The van der Waals surface area contributed by atoms with E-state index < -0.39 is 29.6 Å². The standard InChI is InChI=1S/C20H22N2O6/c1-11-4-5-14-12(2)15(19(25)28-16(14)10-11)6-7-17(23)27-13(3)18(24)22-9-8-21-20(22)26/h4-5,10,13H,6-9H2,1-3H3,(H,21,26)/t13-/m0/s1. The third kappa shape index (κ3) is 3.90. The Balaban J connectivity index is 1.66. The minimum absolute atomic E-state index is 0.0766. The number of hydrogen-bond acceptors (Lipinski definition) is 6. The molecule has 2 heterocycles. The lowest BCUT2D eigenvalue weighted by Gasteiger charge is -2.18. The van der Waals surface area contributed by atoms with E-state index in [0.29, 0.717) is 17.7 Å². The fourth-order valence-electron chi connectivity index (χ4n) is 3.23. The zero-order chi connectivity index (χ0) is 20.4. The normalized spacial score (nSPS) is 14.8. The van der Waals surface area contributed by atoms with E-state index in [1.807, 2.05) is 26.0 Å². The summed E-state index contributed by atoms with van der Waals surface area (Å²) in [5, 5.41) is 3.33. The summed E-state index contributed by atoms with van der Waals surface area (Å²) in [6.07, 6.45) is -1.01. The van der Waals surface area contributed by atoms with Gasteiger partial charge in [0.1, 0.15) is 5.58 Å². The summed E-state index contributed by atoms with van der Waals surface area (Å²) < 4.78 is 10.5. The van der Waals surface area contributed by atoms with Crippen LogP contribution in [0.2, 0.25) is 0 Å². The quantitative estimate of drug-likeness (QED) is 0.621. The van der Waals surface area contributed by atoms with Crippen LogP contribution in [0.5, 0.6) is 0 Å². The lowest BCUT2D eigenvalue weighted by atomic mass is 10.0. The van der Waals surface area contributed by atoms with E-state index in [1.165, 1.54) is 6.92 Å². The number of esters is 1. The van der Waals surface area contributed by atoms with Crippen LogP contribution in [0.25, 0.3) is 11.0 Å². The number of aryl methyl sites for hydroxylation is 2. The lowest BCUT2D eigenvalue weighted by molar-refractivity contribution is -0.157. The molecule has 1 aliphatic heterocycles. The third-order valence-electron chi connectivity index (χ3n) is 4.80. The largest absolute Gasteiger partial charge is 0.453 e. The molecule has 1 atom stereocenters. The first-order valence-electron chi connectivity index (χ1n) is 9.09. The summed E-state index contributed by atoms with van der Waals surface area (Å²) in [7, 11) is 0. The van der Waals surface area contributed by atoms with Gasteiger partial charge in [0, 0.05) is 30.5 Å². The summed E-state index contributed by atoms with van der Waals surface area (Å²) in [4.78, 5) is 49.1. The highest BCUT2D eigenvalue weighted by Crippen LogP contribution is 2.21. The highest BCUT2D eigenvalue weighted by atomic mass is 16.5. The number of carbonyl (C=O) groups is 3. The first-order valence-corrected chi connectivity index (χ1v) is 9.09. The van der Waals surface area contributed by atoms with Crippen molar-refractivity contribution >= 4 is 28.9 Å². The summed E-state index contributed by atoms with van der Waals surface area (Å²) in [6.45, 7) is 5.77. The minimum atomic E-state index is -1.08. The van der Waals surface area contributed by atoms with Gasteiger partial charge >= 0.3 is 17.6 Å². The van der Waals surface area contributed by atoms with Crippen LogP contribution in [0.1, 0.15) is 30.0 Å². The van der Waals surface area contributed by atoms with Gasteiger partial charge in [-0.2, -0.15) is 0 Å². The lowest BCUT2D eigenvalue weighted by Crippen LogP contribution is -2.41. The number of ether oxygens (including phenoxy) is 1. The number of urea groups is 1. The maximum Gasteiger partial charge on any atom is 0.339 e. The molecule has 1 saturated heterocycles. The van der Waals surface area contributed by atoms with Crippen molar-refractivity contribution in [2.75, 3.05) is 13.1 Å². The van der Waals surface area contributed by atoms with Crippen molar-refractivity contribution in [3.05, 3.63) is 45.3 Å². The predicted molar refractivity (Wildman–Crippen MR) is 101 cm³/mol. The van der Waals surface area contributed by atoms with E-state index in [0.717, 1.165) is 21.4 Å². The van der Waals surface area contributed by atoms with Crippen LogP contribution >= 0.6 is 0 Å². The van der Waals surface area contributed by atoms with E-state index >= 15 is 0 Å². The molecule has 0 aliphatic carbocycles. The first kappa shape index (κ1) is 19.6. The van der Waals surface area contributed by atoms with Gasteiger partial charge < -0.3 is 14.5 Å². The fraction of sp³-hybridized carbons (Fsp3) is 0.400. The van der Waals surface area contributed by atoms with Crippen LogP contribution in [-0.2, 0) is 20.7 Å². The summed E-state index contributed by atoms with van der Waals surface area (Å²) in [5.41, 5.74) is 2.18. The highest BCUT2D eigenvalue weighted by molar-refractivity contribution is 5.98. The molecule has 1 aromatic heterocycles. The highest BCUT2D eigenvalue weighted by Gasteiger charge is 2.31. The van der Waals surface area contributed by atoms with Crippen molar-refractivity contribution in [2.24, 2.45) is 0 Å². The van der Waals surface area contributed by atoms with Crippen LogP contribution in [0.4, 0.5) is 4.79 Å². The Bertz CT molecular complexity index is 1010. The molecule has 8 heteroatoms. The van der Waals surface area contributed by atoms with Crippen LogP contribution in [0, 0.1) is 13.8 Å². The number of fused-ring (bicyclic) bond motifs is 1. The molecule has 0 bridgehead atoms. The Morgan fingerprint density at radius 2 is 2.04 bits per heavy atom. The average Bonchev–Trinajstić information content (AvgIpc) is 3.06. The monoisotopic (exact) mass is 386 g/mol. The number of imide groups is 1. The maximum absolute atomic E-state index is 12.3. The first-order chi connectivity index (χ1) is 13.3. The Morgan fingerprint density at radius 3 is 2.71 bits per heavy atom. The van der Waals surface area contributed by atoms with Crippen molar-refractivity contribution in [3.63, 3.8) is 0 Å². The molecular formula is C20H22N2O6. The third-order valence-corrected chi connectivity index (χ3v) is 4.80. The topological polar surface area (TPSA) is 106 Å². The summed E-state index contributed by atoms with van der Waals surface area (Å²) >= 11 is 0. The van der Waals surface area contributed by atoms with Crippen molar-refractivity contribution in [3.8, 4) is 0 Å². The van der Waals surface area contributed by atoms with E-state index in [2.05, 4.69) is 5.32 Å². The number of benzene rings is 1. The van der Waals surface area contributed by atoms with Crippen LogP contribution in [0.3, 0.4) is 0 Å². The van der Waals surface area contributed by atoms with E-state index in [-0.39, 0.29) is 19.4 Å². The van der Waals surface area contributed by atoms with E-state index in [4.69, 9.17) is 9.15 Å². The van der Waals surface area contributed by atoms with Crippen LogP contribution in [-0.4, -0.2) is 42.0 Å². The van der Waals surface area contributed by atoms with Gasteiger partial charge in [-0.1, -0.05) is 12.1 Å². The molecule has 0 saturated carbocycles. The van der Waals surface area contributed by atoms with Gasteiger partial charge in [0.15, 0.2) is 6.10 Å². The Morgan fingerprint density at radius 1 is 1.29 bits per heavy atom. The molecule has 1 N–H and O–H groups in total. The molecule has 0 spiro atoms. The van der Waals surface area contributed by atoms with Gasteiger partial charge in [-0.05, 0) is 44.4 Å². The summed E-state index contributed by atoms with van der Waals surface area (Å²) in [6, 6.07) is 5.11. The smallest absolute Gasteiger partial charge is 0.339 e. The number of amides is 3. The van der Waals surface area contributed by atoms with Gasteiger partial charge in [-0.15, -0.1) is 0 Å². The fourth-order valence-corrected chi connectivity index (χ4v) is 3.23. The van der Waals surface area contributed by atoms with Gasteiger partial charge in [-0.3, -0.25) is 14.5 Å². The molecule has 1 aliphatic rings. The number of hydrogen-bond donors (Lipinski definition) is 1. The van der Waals surface area contributed by atoms with E-state index in [9.17, 15) is 19.2 Å². The van der Waals surface area contributed by atoms with Crippen LogP contribution < -0.4 is 10.9 Å². The molecule has 3 rings (SSSR count). The molecule has 0 radical (unpaired) electrons.